The average Bonchev–Trinajstić information content (AvgIpc) is 2.38. The molecule has 4 nitrogen and oxygen atoms in total. The lowest BCUT2D eigenvalue weighted by atomic mass is 9.80. The number of benzene rings is 1. The first kappa shape index (κ1) is 15.8. The Balaban J connectivity index is 2.24. The number of nitrogens with zero attached hydrogens (tertiary/aromatic N) is 1. The van der Waals surface area contributed by atoms with Gasteiger partial charge < -0.3 is 4.90 Å². The molecule has 0 radical (unpaired) electrons. The second-order valence-electron chi connectivity index (χ2n) is 5.90. The highest BCUT2D eigenvalue weighted by molar-refractivity contribution is 7.86. The lowest BCUT2D eigenvalue weighted by molar-refractivity contribution is 0.477. The molecule has 2 rings (SSSR count). The molecule has 21 heavy (non-hydrogen) atoms. The van der Waals surface area contributed by atoms with E-state index in [-0.39, 0.29) is 5.41 Å². The van der Waals surface area contributed by atoms with Crippen molar-refractivity contribution in [2.24, 2.45) is 5.41 Å². The fraction of sp³-hybridized carbons (Fsp3) is 0.375. The fourth-order valence-corrected chi connectivity index (χ4v) is 3.13. The number of allylic oxidation sites excluding steroid dienone is 2. The van der Waals surface area contributed by atoms with E-state index in [0.29, 0.717) is 0 Å². The second-order valence-corrected chi connectivity index (χ2v) is 7.48. The maximum Gasteiger partial charge on any atom is 0.275 e. The van der Waals surface area contributed by atoms with Gasteiger partial charge in [0, 0.05) is 25.2 Å². The average molecular weight is 307 g/mol. The second kappa shape index (κ2) is 5.66. The van der Waals surface area contributed by atoms with Crippen molar-refractivity contribution in [2.75, 3.05) is 19.0 Å². The van der Waals surface area contributed by atoms with E-state index in [2.05, 4.69) is 17.0 Å². The van der Waals surface area contributed by atoms with Gasteiger partial charge in [-0.1, -0.05) is 49.4 Å². The molecular weight excluding hydrogens is 286 g/mol. The van der Waals surface area contributed by atoms with Gasteiger partial charge >= 0.3 is 0 Å². The molecule has 0 aliphatic heterocycles. The normalized spacial score (nSPS) is 25.0. The lowest BCUT2D eigenvalue weighted by Crippen LogP contribution is -2.24. The molecule has 1 aromatic rings. The SMILES string of the molecule is CN(C)c1ccccc1CC1(C)C=CC(S(=O)(=O)O)C=C1. The third kappa shape index (κ3) is 3.74. The van der Waals surface area contributed by atoms with Gasteiger partial charge in [0.15, 0.2) is 0 Å². The van der Waals surface area contributed by atoms with Gasteiger partial charge in [0.2, 0.25) is 0 Å². The van der Waals surface area contributed by atoms with E-state index in [9.17, 15) is 8.42 Å². The molecule has 0 saturated heterocycles. The molecule has 0 bridgehead atoms. The van der Waals surface area contributed by atoms with Gasteiger partial charge in [-0.2, -0.15) is 8.42 Å². The van der Waals surface area contributed by atoms with Crippen LogP contribution in [0.3, 0.4) is 0 Å². The summed E-state index contributed by atoms with van der Waals surface area (Å²) in [5, 5.41) is -0.935. The molecule has 0 saturated carbocycles. The van der Waals surface area contributed by atoms with E-state index in [4.69, 9.17) is 4.55 Å². The summed E-state index contributed by atoms with van der Waals surface area (Å²) in [6.45, 7) is 2.05. The highest BCUT2D eigenvalue weighted by Gasteiger charge is 2.27. The Morgan fingerprint density at radius 3 is 2.29 bits per heavy atom. The van der Waals surface area contributed by atoms with Gasteiger partial charge in [0.1, 0.15) is 5.25 Å². The summed E-state index contributed by atoms with van der Waals surface area (Å²) in [6.07, 6.45) is 7.59. The number of para-hydroxylation sites is 1. The van der Waals surface area contributed by atoms with Crippen LogP contribution in [0.2, 0.25) is 0 Å². The van der Waals surface area contributed by atoms with Crippen LogP contribution in [0.5, 0.6) is 0 Å². The van der Waals surface area contributed by atoms with Gasteiger partial charge in [-0.05, 0) is 18.1 Å². The van der Waals surface area contributed by atoms with Crippen molar-refractivity contribution in [1.82, 2.24) is 0 Å². The number of anilines is 1. The van der Waals surface area contributed by atoms with Crippen molar-refractivity contribution in [3.8, 4) is 0 Å². The monoisotopic (exact) mass is 307 g/mol. The maximum absolute atomic E-state index is 11.1. The van der Waals surface area contributed by atoms with E-state index in [1.54, 1.807) is 12.2 Å². The molecule has 0 unspecified atom stereocenters. The maximum atomic E-state index is 11.1. The molecule has 0 atom stereocenters. The molecule has 1 aliphatic rings. The quantitative estimate of drug-likeness (QED) is 0.686. The van der Waals surface area contributed by atoms with Crippen molar-refractivity contribution in [2.45, 2.75) is 18.6 Å². The summed E-state index contributed by atoms with van der Waals surface area (Å²) in [7, 11) is -0.0482. The van der Waals surface area contributed by atoms with Crippen LogP contribution in [0.1, 0.15) is 12.5 Å². The van der Waals surface area contributed by atoms with Crippen LogP contribution < -0.4 is 4.90 Å². The minimum Gasteiger partial charge on any atom is -0.377 e. The van der Waals surface area contributed by atoms with Gasteiger partial charge in [-0.15, -0.1) is 0 Å². The van der Waals surface area contributed by atoms with E-state index >= 15 is 0 Å². The molecule has 1 N–H and O–H groups in total. The van der Waals surface area contributed by atoms with Gasteiger partial charge in [0.05, 0.1) is 0 Å². The summed E-state index contributed by atoms with van der Waals surface area (Å²) in [5.41, 5.74) is 2.09. The lowest BCUT2D eigenvalue weighted by Gasteiger charge is -2.28. The van der Waals surface area contributed by atoms with Crippen LogP contribution in [0.15, 0.2) is 48.6 Å². The van der Waals surface area contributed by atoms with Gasteiger partial charge in [-0.25, -0.2) is 0 Å². The van der Waals surface area contributed by atoms with Crippen LogP contribution in [0, 0.1) is 5.41 Å². The number of rotatable bonds is 4. The van der Waals surface area contributed by atoms with E-state index in [0.717, 1.165) is 12.1 Å². The van der Waals surface area contributed by atoms with Crippen molar-refractivity contribution in [3.05, 3.63) is 54.1 Å². The van der Waals surface area contributed by atoms with Crippen molar-refractivity contribution in [3.63, 3.8) is 0 Å². The minimum atomic E-state index is -4.05. The number of hydrogen-bond donors (Lipinski definition) is 1. The Morgan fingerprint density at radius 2 is 1.76 bits per heavy atom. The highest BCUT2D eigenvalue weighted by atomic mass is 32.2. The van der Waals surface area contributed by atoms with E-state index < -0.39 is 15.4 Å². The highest BCUT2D eigenvalue weighted by Crippen LogP contribution is 2.33. The Morgan fingerprint density at radius 1 is 1.19 bits per heavy atom. The van der Waals surface area contributed by atoms with Crippen molar-refractivity contribution in [1.29, 1.82) is 0 Å². The van der Waals surface area contributed by atoms with E-state index in [1.807, 2.05) is 45.3 Å². The summed E-state index contributed by atoms with van der Waals surface area (Å²) in [4.78, 5) is 2.07. The smallest absolute Gasteiger partial charge is 0.275 e. The van der Waals surface area contributed by atoms with Crippen LogP contribution in [0.25, 0.3) is 0 Å². The van der Waals surface area contributed by atoms with Crippen LogP contribution in [-0.4, -0.2) is 32.3 Å². The zero-order chi connectivity index (χ0) is 15.7. The molecule has 114 valence electrons. The zero-order valence-electron chi connectivity index (χ0n) is 12.5. The third-order valence-corrected chi connectivity index (χ3v) is 4.72. The molecule has 0 fully saturated rings. The van der Waals surface area contributed by atoms with Crippen LogP contribution in [0.4, 0.5) is 5.69 Å². The topological polar surface area (TPSA) is 57.6 Å². The fourth-order valence-electron chi connectivity index (χ4n) is 2.57. The molecule has 5 heteroatoms. The Labute approximate surface area is 126 Å². The summed E-state index contributed by atoms with van der Waals surface area (Å²) < 4.78 is 31.4. The first-order chi connectivity index (χ1) is 9.71. The predicted molar refractivity (Wildman–Crippen MR) is 86.2 cm³/mol. The van der Waals surface area contributed by atoms with Crippen LogP contribution >= 0.6 is 0 Å². The molecule has 1 aliphatic carbocycles. The number of hydrogen-bond acceptors (Lipinski definition) is 3. The standard InChI is InChI=1S/C16H21NO3S/c1-16(10-8-14(9-11-16)21(18,19)20)12-13-6-4-5-7-15(13)17(2)3/h4-11,14H,12H2,1-3H3,(H,18,19,20). The first-order valence-electron chi connectivity index (χ1n) is 6.81. The third-order valence-electron chi connectivity index (χ3n) is 3.72. The minimum absolute atomic E-state index is 0.257. The van der Waals surface area contributed by atoms with Gasteiger partial charge in [0.25, 0.3) is 10.1 Å². The Hall–Kier alpha value is -1.59. The predicted octanol–water partition coefficient (Wildman–Crippen LogP) is 2.68. The first-order valence-corrected chi connectivity index (χ1v) is 8.32. The van der Waals surface area contributed by atoms with E-state index in [1.165, 1.54) is 5.56 Å². The molecule has 0 spiro atoms. The molecular formula is C16H21NO3S. The molecule has 0 amide bonds. The Kier molecular flexibility index (Phi) is 4.25. The molecule has 0 heterocycles. The summed E-state index contributed by atoms with van der Waals surface area (Å²) in [6, 6.07) is 8.15. The van der Waals surface area contributed by atoms with Gasteiger partial charge in [-0.3, -0.25) is 4.55 Å². The molecule has 1 aromatic carbocycles. The molecule has 0 aromatic heterocycles. The van der Waals surface area contributed by atoms with Crippen molar-refractivity contribution < 1.29 is 13.0 Å². The Bertz CT molecular complexity index is 661. The zero-order valence-corrected chi connectivity index (χ0v) is 13.3. The largest absolute Gasteiger partial charge is 0.377 e. The summed E-state index contributed by atoms with van der Waals surface area (Å²) in [5.74, 6) is 0. The van der Waals surface area contributed by atoms with Crippen LogP contribution in [-0.2, 0) is 16.5 Å². The summed E-state index contributed by atoms with van der Waals surface area (Å²) >= 11 is 0. The van der Waals surface area contributed by atoms with Crippen molar-refractivity contribution >= 4 is 15.8 Å².